The minimum Gasteiger partial charge on any atom is -0.492 e. The van der Waals surface area contributed by atoms with Gasteiger partial charge in [0, 0.05) is 12.7 Å². The molecule has 0 unspecified atom stereocenters. The predicted octanol–water partition coefficient (Wildman–Crippen LogP) is 2.51. The number of carboxylic acid groups (broad SMARTS) is 1. The molecule has 0 fully saturated rings. The maximum absolute atomic E-state index is 12.2. The van der Waals surface area contributed by atoms with E-state index in [-0.39, 0.29) is 5.56 Å². The number of nitrogens with zero attached hydrogens (tertiary/aromatic N) is 1. The summed E-state index contributed by atoms with van der Waals surface area (Å²) in [6.45, 7) is 4.97. The molecule has 5 nitrogen and oxygen atoms in total. The number of aromatic carboxylic acids is 1. The molecule has 0 amide bonds. The van der Waals surface area contributed by atoms with E-state index in [9.17, 15) is 9.59 Å². The van der Waals surface area contributed by atoms with Crippen molar-refractivity contribution in [2.75, 3.05) is 6.61 Å². The molecule has 0 atom stereocenters. The molecule has 20 heavy (non-hydrogen) atoms. The number of aromatic nitrogens is 1. The molecule has 106 valence electrons. The number of pyridine rings is 1. The van der Waals surface area contributed by atoms with E-state index < -0.39 is 11.4 Å². The van der Waals surface area contributed by atoms with Crippen molar-refractivity contribution in [2.24, 2.45) is 0 Å². The summed E-state index contributed by atoms with van der Waals surface area (Å²) in [7, 11) is 0. The molecule has 0 aliphatic carbocycles. The summed E-state index contributed by atoms with van der Waals surface area (Å²) in [6.07, 6.45) is 2.23. The molecule has 2 aromatic rings. The number of aryl methyl sites for hydroxylation is 1. The molecule has 2 rings (SSSR count). The lowest BCUT2D eigenvalue weighted by molar-refractivity contribution is 0.0694. The zero-order chi connectivity index (χ0) is 14.7. The van der Waals surface area contributed by atoms with Gasteiger partial charge in [-0.1, -0.05) is 13.0 Å². The Hall–Kier alpha value is -2.30. The smallest absolute Gasteiger partial charge is 0.341 e. The molecular weight excluding hydrogens is 258 g/mol. The quantitative estimate of drug-likeness (QED) is 0.910. The Balaban J connectivity index is 2.86. The Morgan fingerprint density at radius 1 is 1.35 bits per heavy atom. The van der Waals surface area contributed by atoms with Crippen molar-refractivity contribution in [3.63, 3.8) is 0 Å². The standard InChI is InChI=1S/C15H17NO4/c1-3-8-16-9-11(15(18)19)14(17)10-6-5-7-12(13(10)16)20-4-2/h5-7,9H,3-4,8H2,1-2H3,(H,18,19). The van der Waals surface area contributed by atoms with E-state index in [4.69, 9.17) is 9.84 Å². The highest BCUT2D eigenvalue weighted by atomic mass is 16.5. The Morgan fingerprint density at radius 3 is 2.70 bits per heavy atom. The first-order valence-corrected chi connectivity index (χ1v) is 6.62. The number of para-hydroxylation sites is 1. The summed E-state index contributed by atoms with van der Waals surface area (Å²) in [5, 5.41) is 9.52. The van der Waals surface area contributed by atoms with Gasteiger partial charge in [0.15, 0.2) is 0 Å². The third kappa shape index (κ3) is 2.39. The van der Waals surface area contributed by atoms with Crippen molar-refractivity contribution in [1.82, 2.24) is 4.57 Å². The van der Waals surface area contributed by atoms with Crippen molar-refractivity contribution in [2.45, 2.75) is 26.8 Å². The number of benzene rings is 1. The SMILES string of the molecule is CCCn1cc(C(=O)O)c(=O)c2cccc(OCC)c21. The monoisotopic (exact) mass is 275 g/mol. The van der Waals surface area contributed by atoms with E-state index >= 15 is 0 Å². The van der Waals surface area contributed by atoms with E-state index in [2.05, 4.69) is 0 Å². The first-order valence-electron chi connectivity index (χ1n) is 6.62. The largest absolute Gasteiger partial charge is 0.492 e. The number of hydrogen-bond acceptors (Lipinski definition) is 3. The number of carboxylic acids is 1. The van der Waals surface area contributed by atoms with Gasteiger partial charge in [-0.3, -0.25) is 4.79 Å². The first kappa shape index (κ1) is 14.1. The summed E-state index contributed by atoms with van der Waals surface area (Å²) in [4.78, 5) is 23.4. The average molecular weight is 275 g/mol. The Labute approximate surface area is 116 Å². The van der Waals surface area contributed by atoms with Gasteiger partial charge in [-0.05, 0) is 25.5 Å². The molecule has 0 spiro atoms. The minimum absolute atomic E-state index is 0.209. The highest BCUT2D eigenvalue weighted by Gasteiger charge is 2.16. The van der Waals surface area contributed by atoms with E-state index in [1.807, 2.05) is 13.8 Å². The van der Waals surface area contributed by atoms with Crippen LogP contribution in [0.5, 0.6) is 5.75 Å². The van der Waals surface area contributed by atoms with E-state index in [0.29, 0.717) is 29.8 Å². The molecule has 0 saturated carbocycles. The van der Waals surface area contributed by atoms with Crippen LogP contribution in [0.15, 0.2) is 29.2 Å². The normalized spacial score (nSPS) is 10.7. The molecule has 1 aromatic heterocycles. The number of hydrogen-bond donors (Lipinski definition) is 1. The second-order valence-corrected chi connectivity index (χ2v) is 4.46. The van der Waals surface area contributed by atoms with Crippen LogP contribution >= 0.6 is 0 Å². The third-order valence-corrected chi connectivity index (χ3v) is 3.06. The summed E-state index contributed by atoms with van der Waals surface area (Å²) in [5.74, 6) is -0.601. The van der Waals surface area contributed by atoms with Gasteiger partial charge < -0.3 is 14.4 Å². The number of ether oxygens (including phenoxy) is 1. The fourth-order valence-electron chi connectivity index (χ4n) is 2.27. The van der Waals surface area contributed by atoms with Crippen LogP contribution in [0.1, 0.15) is 30.6 Å². The zero-order valence-electron chi connectivity index (χ0n) is 11.5. The minimum atomic E-state index is -1.21. The van der Waals surface area contributed by atoms with Gasteiger partial charge in [-0.25, -0.2) is 4.79 Å². The van der Waals surface area contributed by atoms with E-state index in [0.717, 1.165) is 6.42 Å². The summed E-state index contributed by atoms with van der Waals surface area (Å²) < 4.78 is 7.34. The van der Waals surface area contributed by atoms with Gasteiger partial charge in [0.1, 0.15) is 11.3 Å². The summed E-state index contributed by atoms with van der Waals surface area (Å²) in [5.41, 5.74) is -0.0211. The van der Waals surface area contributed by atoms with E-state index in [1.54, 1.807) is 22.8 Å². The Morgan fingerprint density at radius 2 is 2.10 bits per heavy atom. The van der Waals surface area contributed by atoms with Gasteiger partial charge in [-0.15, -0.1) is 0 Å². The van der Waals surface area contributed by atoms with Crippen LogP contribution in [0.2, 0.25) is 0 Å². The van der Waals surface area contributed by atoms with Crippen molar-refractivity contribution in [3.8, 4) is 5.75 Å². The van der Waals surface area contributed by atoms with Crippen molar-refractivity contribution in [3.05, 3.63) is 40.2 Å². The van der Waals surface area contributed by atoms with Crippen LogP contribution in [0.3, 0.4) is 0 Å². The van der Waals surface area contributed by atoms with Gasteiger partial charge >= 0.3 is 5.97 Å². The number of carbonyl (C=O) groups is 1. The lowest BCUT2D eigenvalue weighted by Crippen LogP contribution is -2.19. The van der Waals surface area contributed by atoms with Crippen LogP contribution < -0.4 is 10.2 Å². The van der Waals surface area contributed by atoms with Crippen molar-refractivity contribution in [1.29, 1.82) is 0 Å². The molecule has 1 aromatic carbocycles. The van der Waals surface area contributed by atoms with Gasteiger partial charge in [0.2, 0.25) is 5.43 Å². The van der Waals surface area contributed by atoms with Gasteiger partial charge in [0.25, 0.3) is 0 Å². The molecule has 5 heteroatoms. The molecule has 0 radical (unpaired) electrons. The maximum Gasteiger partial charge on any atom is 0.341 e. The van der Waals surface area contributed by atoms with E-state index in [1.165, 1.54) is 6.20 Å². The number of fused-ring (bicyclic) bond motifs is 1. The lowest BCUT2D eigenvalue weighted by Gasteiger charge is -2.15. The highest BCUT2D eigenvalue weighted by Crippen LogP contribution is 2.24. The third-order valence-electron chi connectivity index (χ3n) is 3.06. The molecule has 0 aliphatic rings. The second kappa shape index (κ2) is 5.77. The topological polar surface area (TPSA) is 68.5 Å². The average Bonchev–Trinajstić information content (AvgIpc) is 2.42. The maximum atomic E-state index is 12.2. The Kier molecular flexibility index (Phi) is 4.08. The number of rotatable bonds is 5. The fraction of sp³-hybridized carbons (Fsp3) is 0.333. The summed E-state index contributed by atoms with van der Waals surface area (Å²) >= 11 is 0. The molecule has 1 heterocycles. The molecule has 0 aliphatic heterocycles. The molecule has 0 bridgehead atoms. The van der Waals surface area contributed by atoms with Gasteiger partial charge in [0.05, 0.1) is 17.5 Å². The highest BCUT2D eigenvalue weighted by molar-refractivity contribution is 5.94. The first-order chi connectivity index (χ1) is 9.60. The van der Waals surface area contributed by atoms with Gasteiger partial charge in [-0.2, -0.15) is 0 Å². The Bertz CT molecular complexity index is 703. The predicted molar refractivity (Wildman–Crippen MR) is 76.6 cm³/mol. The molecule has 1 N–H and O–H groups in total. The van der Waals surface area contributed by atoms with Crippen LogP contribution in [0, 0.1) is 0 Å². The summed E-state index contributed by atoms with van der Waals surface area (Å²) in [6, 6.07) is 5.13. The zero-order valence-corrected chi connectivity index (χ0v) is 11.5. The van der Waals surface area contributed by atoms with Crippen molar-refractivity contribution >= 4 is 16.9 Å². The second-order valence-electron chi connectivity index (χ2n) is 4.46. The fourth-order valence-corrected chi connectivity index (χ4v) is 2.27. The van der Waals surface area contributed by atoms with Crippen LogP contribution in [0.4, 0.5) is 0 Å². The lowest BCUT2D eigenvalue weighted by atomic mass is 10.1. The van der Waals surface area contributed by atoms with Crippen LogP contribution in [-0.2, 0) is 6.54 Å². The van der Waals surface area contributed by atoms with Crippen molar-refractivity contribution < 1.29 is 14.6 Å². The molecule has 0 saturated heterocycles. The molecular formula is C15H17NO4. The van der Waals surface area contributed by atoms with Crippen LogP contribution in [-0.4, -0.2) is 22.2 Å². The van der Waals surface area contributed by atoms with Crippen LogP contribution in [0.25, 0.3) is 10.9 Å².